The van der Waals surface area contributed by atoms with Crippen LogP contribution in [-0.4, -0.2) is 28.8 Å². The van der Waals surface area contributed by atoms with Crippen LogP contribution in [0.1, 0.15) is 45.4 Å². The van der Waals surface area contributed by atoms with Gasteiger partial charge in [0.25, 0.3) is 0 Å². The lowest BCUT2D eigenvalue weighted by molar-refractivity contribution is 0.292. The SMILES string of the molecule is CCCCCCCCNN1C=NC(Cl)=NC1Cl. The van der Waals surface area contributed by atoms with Crippen LogP contribution in [0.15, 0.2) is 9.98 Å². The minimum Gasteiger partial charge on any atom is -0.260 e. The van der Waals surface area contributed by atoms with Gasteiger partial charge in [-0.2, -0.15) is 0 Å². The summed E-state index contributed by atoms with van der Waals surface area (Å²) in [5, 5.41) is 1.86. The molecule has 0 aromatic carbocycles. The summed E-state index contributed by atoms with van der Waals surface area (Å²) in [6.45, 7) is 3.11. The molecule has 17 heavy (non-hydrogen) atoms. The molecule has 0 saturated carbocycles. The van der Waals surface area contributed by atoms with Crippen LogP contribution in [-0.2, 0) is 0 Å². The number of alkyl halides is 1. The summed E-state index contributed by atoms with van der Waals surface area (Å²) in [7, 11) is 0. The number of halogens is 2. The molecule has 0 fully saturated rings. The van der Waals surface area contributed by atoms with Crippen LogP contribution in [0.3, 0.4) is 0 Å². The van der Waals surface area contributed by atoms with Gasteiger partial charge in [-0.05, 0) is 18.0 Å². The van der Waals surface area contributed by atoms with Crippen molar-refractivity contribution >= 4 is 34.8 Å². The van der Waals surface area contributed by atoms with E-state index in [2.05, 4.69) is 22.3 Å². The highest BCUT2D eigenvalue weighted by Crippen LogP contribution is 2.09. The third-order valence-corrected chi connectivity index (χ3v) is 3.06. The number of rotatable bonds is 8. The monoisotopic (exact) mass is 278 g/mol. The van der Waals surface area contributed by atoms with Gasteiger partial charge in [-0.3, -0.25) is 5.01 Å². The number of unbranched alkanes of at least 4 members (excludes halogenated alkanes) is 5. The number of hydrogen-bond donors (Lipinski definition) is 1. The Bertz CT molecular complexity index is 268. The maximum atomic E-state index is 5.96. The highest BCUT2D eigenvalue weighted by Gasteiger charge is 2.15. The summed E-state index contributed by atoms with van der Waals surface area (Å²) in [6, 6.07) is 0. The Hall–Kier alpha value is -0.320. The minimum absolute atomic E-state index is 0.197. The van der Waals surface area contributed by atoms with Crippen LogP contribution in [0.25, 0.3) is 0 Å². The molecule has 1 atom stereocenters. The summed E-state index contributed by atoms with van der Waals surface area (Å²) < 4.78 is 0. The average Bonchev–Trinajstić information content (AvgIpc) is 2.30. The molecule has 0 spiro atoms. The van der Waals surface area contributed by atoms with Gasteiger partial charge in [-0.15, -0.1) is 0 Å². The van der Waals surface area contributed by atoms with E-state index in [9.17, 15) is 0 Å². The van der Waals surface area contributed by atoms with Crippen molar-refractivity contribution in [3.8, 4) is 0 Å². The van der Waals surface area contributed by atoms with E-state index >= 15 is 0 Å². The number of hydrazine groups is 1. The zero-order valence-electron chi connectivity index (χ0n) is 10.2. The Kier molecular flexibility index (Phi) is 7.56. The molecule has 4 nitrogen and oxygen atoms in total. The fourth-order valence-electron chi connectivity index (χ4n) is 1.58. The molecule has 1 unspecified atom stereocenters. The summed E-state index contributed by atoms with van der Waals surface area (Å²) in [6.07, 6.45) is 9.21. The van der Waals surface area contributed by atoms with E-state index < -0.39 is 5.62 Å². The number of nitrogens with zero attached hydrogens (tertiary/aromatic N) is 3. The van der Waals surface area contributed by atoms with Crippen LogP contribution in [0.5, 0.6) is 0 Å². The summed E-state index contributed by atoms with van der Waals surface area (Å²) in [5.41, 5.74) is 2.67. The summed E-state index contributed by atoms with van der Waals surface area (Å²) >= 11 is 11.6. The van der Waals surface area contributed by atoms with E-state index in [0.717, 1.165) is 13.0 Å². The molecular weight excluding hydrogens is 259 g/mol. The number of hydrogen-bond acceptors (Lipinski definition) is 4. The minimum atomic E-state index is -0.500. The van der Waals surface area contributed by atoms with Gasteiger partial charge < -0.3 is 0 Å². The molecular formula is C11H20Cl2N4. The normalized spacial score (nSPS) is 19.6. The van der Waals surface area contributed by atoms with Crippen molar-refractivity contribution in [1.82, 2.24) is 10.4 Å². The first-order valence-corrected chi connectivity index (χ1v) is 6.99. The lowest BCUT2D eigenvalue weighted by atomic mass is 10.1. The van der Waals surface area contributed by atoms with Crippen LogP contribution in [0, 0.1) is 0 Å². The standard InChI is InChI=1S/C11H20Cl2N4/c1-2-3-4-5-6-7-8-15-17-9-14-10(12)16-11(17)13/h9,11,15H,2-8H2,1H3. The van der Waals surface area contributed by atoms with Crippen molar-refractivity contribution in [2.24, 2.45) is 9.98 Å². The topological polar surface area (TPSA) is 40.0 Å². The highest BCUT2D eigenvalue weighted by molar-refractivity contribution is 6.65. The van der Waals surface area contributed by atoms with E-state index in [4.69, 9.17) is 23.2 Å². The van der Waals surface area contributed by atoms with Crippen molar-refractivity contribution < 1.29 is 0 Å². The number of nitrogens with one attached hydrogen (secondary N) is 1. The Labute approximate surface area is 113 Å². The highest BCUT2D eigenvalue weighted by atomic mass is 35.5. The molecule has 6 heteroatoms. The third kappa shape index (κ3) is 6.24. The van der Waals surface area contributed by atoms with Crippen molar-refractivity contribution in [2.45, 2.75) is 51.1 Å². The molecule has 1 aliphatic rings. The second-order valence-corrected chi connectivity index (χ2v) is 4.76. The van der Waals surface area contributed by atoms with Gasteiger partial charge in [0.15, 0.2) is 0 Å². The molecule has 0 bridgehead atoms. The van der Waals surface area contributed by atoms with E-state index in [-0.39, 0.29) is 5.29 Å². The van der Waals surface area contributed by atoms with Crippen LogP contribution in [0.4, 0.5) is 0 Å². The molecule has 1 heterocycles. The molecule has 1 aliphatic heterocycles. The first kappa shape index (κ1) is 14.7. The van der Waals surface area contributed by atoms with Gasteiger partial charge in [-0.25, -0.2) is 15.4 Å². The zero-order valence-corrected chi connectivity index (χ0v) is 11.7. The Morgan fingerprint density at radius 3 is 2.71 bits per heavy atom. The van der Waals surface area contributed by atoms with E-state index in [1.54, 1.807) is 11.3 Å². The summed E-state index contributed by atoms with van der Waals surface area (Å²) in [4.78, 5) is 7.79. The summed E-state index contributed by atoms with van der Waals surface area (Å²) in [5.74, 6) is 0. The van der Waals surface area contributed by atoms with Crippen molar-refractivity contribution in [1.29, 1.82) is 0 Å². The Morgan fingerprint density at radius 2 is 2.00 bits per heavy atom. The number of aliphatic imine (C=N–C) groups is 2. The maximum absolute atomic E-state index is 5.96. The maximum Gasteiger partial charge on any atom is 0.222 e. The predicted octanol–water partition coefficient (Wildman–Crippen LogP) is 3.31. The lowest BCUT2D eigenvalue weighted by Gasteiger charge is -2.25. The van der Waals surface area contributed by atoms with Crippen LogP contribution in [0.2, 0.25) is 0 Å². The zero-order chi connectivity index (χ0) is 12.5. The molecule has 0 aromatic heterocycles. The number of amidine groups is 1. The molecule has 0 radical (unpaired) electrons. The fourth-order valence-corrected chi connectivity index (χ4v) is 1.98. The first-order chi connectivity index (χ1) is 8.24. The van der Waals surface area contributed by atoms with Crippen molar-refractivity contribution in [3.63, 3.8) is 0 Å². The molecule has 98 valence electrons. The van der Waals surface area contributed by atoms with Gasteiger partial charge >= 0.3 is 0 Å². The van der Waals surface area contributed by atoms with Gasteiger partial charge in [0.05, 0.1) is 0 Å². The van der Waals surface area contributed by atoms with Gasteiger partial charge in [0.1, 0.15) is 6.34 Å². The molecule has 0 aromatic rings. The second-order valence-electron chi connectivity index (χ2n) is 4.04. The molecule has 1 rings (SSSR count). The van der Waals surface area contributed by atoms with Crippen LogP contribution >= 0.6 is 23.2 Å². The average molecular weight is 279 g/mol. The second kappa shape index (κ2) is 8.72. The Morgan fingerprint density at radius 1 is 1.29 bits per heavy atom. The fraction of sp³-hybridized carbons (Fsp3) is 0.818. The van der Waals surface area contributed by atoms with Crippen LogP contribution < -0.4 is 5.43 Å². The molecule has 0 aliphatic carbocycles. The van der Waals surface area contributed by atoms with Crippen molar-refractivity contribution in [2.75, 3.05) is 6.54 Å². The Balaban J connectivity index is 2.02. The van der Waals surface area contributed by atoms with Gasteiger partial charge in [0, 0.05) is 6.54 Å². The van der Waals surface area contributed by atoms with E-state index in [1.807, 2.05) is 0 Å². The third-order valence-electron chi connectivity index (χ3n) is 2.56. The lowest BCUT2D eigenvalue weighted by Crippen LogP contribution is -2.43. The predicted molar refractivity (Wildman–Crippen MR) is 74.6 cm³/mol. The largest absolute Gasteiger partial charge is 0.260 e. The van der Waals surface area contributed by atoms with Gasteiger partial charge in [-0.1, -0.05) is 50.6 Å². The van der Waals surface area contributed by atoms with Gasteiger partial charge in [0.2, 0.25) is 10.9 Å². The molecule has 0 saturated heterocycles. The molecule has 1 N–H and O–H groups in total. The van der Waals surface area contributed by atoms with E-state index in [1.165, 1.54) is 32.1 Å². The smallest absolute Gasteiger partial charge is 0.222 e. The van der Waals surface area contributed by atoms with E-state index in [0.29, 0.717) is 0 Å². The van der Waals surface area contributed by atoms with Crippen molar-refractivity contribution in [3.05, 3.63) is 0 Å². The first-order valence-electron chi connectivity index (χ1n) is 6.17. The molecule has 0 amide bonds. The quantitative estimate of drug-likeness (QED) is 0.420.